The Balaban J connectivity index is 1.69. The first-order chi connectivity index (χ1) is 13.4. The first-order valence-corrected chi connectivity index (χ1v) is 8.78. The van der Waals surface area contributed by atoms with E-state index in [0.717, 1.165) is 23.9 Å². The van der Waals surface area contributed by atoms with Crippen molar-refractivity contribution in [3.05, 3.63) is 36.3 Å². The molecule has 0 spiro atoms. The molecule has 2 aromatic rings. The molecule has 0 aliphatic carbocycles. The van der Waals surface area contributed by atoms with Crippen molar-refractivity contribution in [3.63, 3.8) is 0 Å². The second kappa shape index (κ2) is 7.27. The summed E-state index contributed by atoms with van der Waals surface area (Å²) in [5.74, 6) is -0.787. The third kappa shape index (κ3) is 3.86. The second-order valence-corrected chi connectivity index (χ2v) is 6.56. The number of amides is 1. The minimum absolute atomic E-state index is 0.00462. The van der Waals surface area contributed by atoms with Crippen LogP contribution >= 0.6 is 0 Å². The van der Waals surface area contributed by atoms with Crippen LogP contribution in [0.5, 0.6) is 0 Å². The number of ether oxygens (including phenoxy) is 1. The number of hydrogen-bond donors (Lipinski definition) is 0. The lowest BCUT2D eigenvalue weighted by atomic mass is 10.1. The van der Waals surface area contributed by atoms with Crippen LogP contribution in [-0.4, -0.2) is 39.3 Å². The molecule has 1 fully saturated rings. The number of anilines is 1. The molecule has 4 rings (SSSR count). The van der Waals surface area contributed by atoms with E-state index in [1.54, 1.807) is 0 Å². The van der Waals surface area contributed by atoms with Crippen molar-refractivity contribution < 1.29 is 22.7 Å². The van der Waals surface area contributed by atoms with E-state index < -0.39 is 17.8 Å². The summed E-state index contributed by atoms with van der Waals surface area (Å²) in [5.41, 5.74) is -0.202. The molecule has 10 heteroatoms. The average molecular weight is 391 g/mol. The van der Waals surface area contributed by atoms with Crippen LogP contribution in [-0.2, 0) is 15.7 Å². The van der Waals surface area contributed by atoms with Gasteiger partial charge >= 0.3 is 6.18 Å². The topological polar surface area (TPSA) is 80.6 Å². The molecule has 0 bridgehead atoms. The number of rotatable bonds is 4. The van der Waals surface area contributed by atoms with Crippen molar-refractivity contribution in [3.8, 4) is 11.4 Å². The lowest BCUT2D eigenvalue weighted by Gasteiger charge is -2.15. The van der Waals surface area contributed by atoms with Gasteiger partial charge in [0.15, 0.2) is 17.3 Å². The lowest BCUT2D eigenvalue weighted by molar-refractivity contribution is -0.141. The summed E-state index contributed by atoms with van der Waals surface area (Å²) < 4.78 is 45.6. The van der Waals surface area contributed by atoms with Gasteiger partial charge in [-0.15, -0.1) is 0 Å². The second-order valence-electron chi connectivity index (χ2n) is 6.56. The molecule has 1 unspecified atom stereocenters. The predicted molar refractivity (Wildman–Crippen MR) is 93.4 cm³/mol. The molecule has 0 N–H and O–H groups in total. The summed E-state index contributed by atoms with van der Waals surface area (Å²) in [6, 6.07) is 3.73. The van der Waals surface area contributed by atoms with Gasteiger partial charge in [-0.1, -0.05) is 0 Å². The number of halogens is 3. The number of alkyl halides is 3. The quantitative estimate of drug-likeness (QED) is 0.800. The Hall–Kier alpha value is -2.88. The van der Waals surface area contributed by atoms with E-state index in [1.807, 2.05) is 0 Å². The fraction of sp³-hybridized carbons (Fsp3) is 0.389. The van der Waals surface area contributed by atoms with E-state index in [1.165, 1.54) is 24.5 Å². The highest BCUT2D eigenvalue weighted by Gasteiger charge is 2.36. The van der Waals surface area contributed by atoms with Crippen molar-refractivity contribution >= 4 is 17.4 Å². The van der Waals surface area contributed by atoms with Crippen molar-refractivity contribution in [1.29, 1.82) is 0 Å². The van der Waals surface area contributed by atoms with E-state index in [9.17, 15) is 18.0 Å². The molecule has 1 saturated heterocycles. The molecule has 2 aromatic heterocycles. The zero-order chi connectivity index (χ0) is 19.7. The van der Waals surface area contributed by atoms with E-state index in [-0.39, 0.29) is 24.2 Å². The summed E-state index contributed by atoms with van der Waals surface area (Å²) in [5, 5.41) is 5.13. The van der Waals surface area contributed by atoms with Crippen molar-refractivity contribution in [2.45, 2.75) is 38.0 Å². The molecular weight excluding hydrogens is 375 g/mol. The van der Waals surface area contributed by atoms with Crippen molar-refractivity contribution in [2.75, 3.05) is 11.6 Å². The molecule has 28 heavy (non-hydrogen) atoms. The van der Waals surface area contributed by atoms with E-state index in [2.05, 4.69) is 20.1 Å². The van der Waals surface area contributed by atoms with Crippen LogP contribution < -0.4 is 5.01 Å². The van der Waals surface area contributed by atoms with Crippen LogP contribution in [0.4, 0.5) is 19.0 Å². The average Bonchev–Trinajstić information content (AvgIpc) is 3.31. The molecule has 0 radical (unpaired) electrons. The van der Waals surface area contributed by atoms with Crippen molar-refractivity contribution in [1.82, 2.24) is 15.0 Å². The van der Waals surface area contributed by atoms with Gasteiger partial charge < -0.3 is 4.74 Å². The van der Waals surface area contributed by atoms with Crippen LogP contribution in [0.15, 0.2) is 35.7 Å². The maximum absolute atomic E-state index is 13.3. The Morgan fingerprint density at radius 3 is 2.68 bits per heavy atom. The van der Waals surface area contributed by atoms with Gasteiger partial charge in [-0.3, -0.25) is 9.78 Å². The Labute approximate surface area is 158 Å². The third-order valence-electron chi connectivity index (χ3n) is 4.48. The Morgan fingerprint density at radius 2 is 2.00 bits per heavy atom. The highest BCUT2D eigenvalue weighted by molar-refractivity contribution is 6.12. The zero-order valence-corrected chi connectivity index (χ0v) is 14.7. The minimum Gasteiger partial charge on any atom is -0.378 e. The number of pyridine rings is 1. The smallest absolute Gasteiger partial charge is 0.378 e. The minimum atomic E-state index is -4.69. The van der Waals surface area contributed by atoms with E-state index >= 15 is 0 Å². The fourth-order valence-corrected chi connectivity index (χ4v) is 3.16. The first kappa shape index (κ1) is 18.5. The number of nitrogens with zero attached hydrogens (tertiary/aromatic N) is 5. The van der Waals surface area contributed by atoms with Gasteiger partial charge in [0, 0.05) is 37.1 Å². The number of carbonyl (C=O) groups is 1. The first-order valence-electron chi connectivity index (χ1n) is 8.78. The Kier molecular flexibility index (Phi) is 4.80. The van der Waals surface area contributed by atoms with Crippen LogP contribution in [0.25, 0.3) is 11.4 Å². The lowest BCUT2D eigenvalue weighted by Crippen LogP contribution is -2.22. The number of hydrazone groups is 1. The summed E-state index contributed by atoms with van der Waals surface area (Å²) >= 11 is 0. The van der Waals surface area contributed by atoms with Crippen LogP contribution in [0.3, 0.4) is 0 Å². The van der Waals surface area contributed by atoms with Gasteiger partial charge in [-0.25, -0.2) is 9.97 Å². The molecule has 1 amide bonds. The van der Waals surface area contributed by atoms with E-state index in [4.69, 9.17) is 4.74 Å². The van der Waals surface area contributed by atoms with Crippen LogP contribution in [0.2, 0.25) is 0 Å². The predicted octanol–water partition coefficient (Wildman–Crippen LogP) is 3.22. The molecular formula is C18H16F3N5O2. The molecule has 2 aliphatic rings. The number of carbonyl (C=O) groups excluding carboxylic acids is 1. The normalized spacial score (nSPS) is 20.0. The maximum atomic E-state index is 13.3. The molecule has 4 heterocycles. The van der Waals surface area contributed by atoms with Gasteiger partial charge in [0.25, 0.3) is 5.91 Å². The van der Waals surface area contributed by atoms with E-state index in [0.29, 0.717) is 24.3 Å². The summed E-state index contributed by atoms with van der Waals surface area (Å²) in [6.45, 7) is 0.672. The molecule has 7 nitrogen and oxygen atoms in total. The monoisotopic (exact) mass is 391 g/mol. The largest absolute Gasteiger partial charge is 0.433 e. The highest BCUT2D eigenvalue weighted by Crippen LogP contribution is 2.33. The summed E-state index contributed by atoms with van der Waals surface area (Å²) in [7, 11) is 0. The Bertz CT molecular complexity index is 911. The van der Waals surface area contributed by atoms with Crippen molar-refractivity contribution in [2.24, 2.45) is 5.10 Å². The molecule has 1 atom stereocenters. The van der Waals surface area contributed by atoms with Gasteiger partial charge in [0.1, 0.15) is 0 Å². The number of hydrogen-bond acceptors (Lipinski definition) is 6. The van der Waals surface area contributed by atoms with Crippen LogP contribution in [0, 0.1) is 0 Å². The maximum Gasteiger partial charge on any atom is 0.433 e. The van der Waals surface area contributed by atoms with Gasteiger partial charge in [-0.2, -0.15) is 23.3 Å². The van der Waals surface area contributed by atoms with Gasteiger partial charge in [-0.05, 0) is 25.0 Å². The third-order valence-corrected chi connectivity index (χ3v) is 4.48. The summed E-state index contributed by atoms with van der Waals surface area (Å²) in [4.78, 5) is 24.0. The summed E-state index contributed by atoms with van der Waals surface area (Å²) in [6.07, 6.45) is 0.514. The molecule has 0 aromatic carbocycles. The Morgan fingerprint density at radius 1 is 1.21 bits per heavy atom. The van der Waals surface area contributed by atoms with Crippen LogP contribution in [0.1, 0.15) is 31.4 Å². The zero-order valence-electron chi connectivity index (χ0n) is 14.7. The molecule has 2 aliphatic heterocycles. The highest BCUT2D eigenvalue weighted by atomic mass is 19.4. The standard InChI is InChI=1S/C18H16F3N5O2/c19-18(20,21)14-10-15(24-17(23-14)11-3-5-22-6-4-11)26-16(27)9-12(25-26)8-13-2-1-7-28-13/h3-6,10,13H,1-2,7-9H2. The van der Waals surface area contributed by atoms with Gasteiger partial charge in [0.2, 0.25) is 0 Å². The number of aromatic nitrogens is 3. The molecule has 0 saturated carbocycles. The SMILES string of the molecule is O=C1CC(CC2CCCO2)=NN1c1cc(C(F)(F)F)nc(-c2ccncc2)n1. The fourth-order valence-electron chi connectivity index (χ4n) is 3.16. The van der Waals surface area contributed by atoms with Gasteiger partial charge in [0.05, 0.1) is 18.2 Å². The molecule has 146 valence electrons.